The number of unbranched alkanes of at least 4 members (excludes halogenated alkanes) is 1. The molecule has 0 bridgehead atoms. The minimum Gasteiger partial charge on any atom is -0.481 e. The van der Waals surface area contributed by atoms with Gasteiger partial charge in [-0.1, -0.05) is 0 Å². The van der Waals surface area contributed by atoms with E-state index in [-0.39, 0.29) is 19.3 Å². The van der Waals surface area contributed by atoms with Crippen molar-refractivity contribution in [3.63, 3.8) is 0 Å². The zero-order valence-electron chi connectivity index (χ0n) is 17.0. The second kappa shape index (κ2) is 14.7. The molecule has 3 atom stereocenters. The van der Waals surface area contributed by atoms with Crippen LogP contribution in [0.5, 0.6) is 0 Å². The Balaban J connectivity index is 5.24. The fraction of sp³-hybridized carbons (Fsp3) is 0.647. The van der Waals surface area contributed by atoms with Gasteiger partial charge in [-0.3, -0.25) is 28.8 Å². The van der Waals surface area contributed by atoms with Crippen LogP contribution in [-0.4, -0.2) is 77.0 Å². The van der Waals surface area contributed by atoms with Crippen LogP contribution in [-0.2, 0) is 28.8 Å². The summed E-state index contributed by atoms with van der Waals surface area (Å²) in [6.45, 7) is -0.401. The van der Waals surface area contributed by atoms with E-state index < -0.39 is 66.7 Å². The third-order valence-corrected chi connectivity index (χ3v) is 4.04. The van der Waals surface area contributed by atoms with Crippen LogP contribution in [0.4, 0.5) is 0 Å². The van der Waals surface area contributed by atoms with Crippen molar-refractivity contribution in [1.82, 2.24) is 16.0 Å². The number of hydrogen-bond donors (Lipinski definition) is 8. The predicted octanol–water partition coefficient (Wildman–Crippen LogP) is -3.65. The van der Waals surface area contributed by atoms with Gasteiger partial charge in [-0.05, 0) is 32.2 Å². The van der Waals surface area contributed by atoms with Gasteiger partial charge < -0.3 is 43.4 Å². The summed E-state index contributed by atoms with van der Waals surface area (Å²) in [5.41, 5.74) is 16.2. The first-order valence-corrected chi connectivity index (χ1v) is 9.53. The van der Waals surface area contributed by atoms with Crippen LogP contribution in [0.2, 0.25) is 0 Å². The van der Waals surface area contributed by atoms with Crippen molar-refractivity contribution >= 4 is 35.6 Å². The molecule has 0 aromatic carbocycles. The van der Waals surface area contributed by atoms with E-state index in [1.807, 2.05) is 5.32 Å². The molecule has 0 fully saturated rings. The summed E-state index contributed by atoms with van der Waals surface area (Å²) < 4.78 is 0. The van der Waals surface area contributed by atoms with Crippen molar-refractivity contribution in [2.45, 2.75) is 56.7 Å². The number of hydrogen-bond acceptors (Lipinski definition) is 8. The number of aliphatic carboxylic acids is 2. The number of amides is 4. The standard InChI is InChI=1S/C17H30N6O8/c18-6-2-1-3-10(22-15(29)9(19)4-5-13(25)26)17(31)23-11(7-12(20)24)16(30)21-8-14(27)28/h9-11H,1-8,18-19H2,(H2,20,24)(H,21,30)(H,22,29)(H,23,31)(H,25,26)(H,27,28). The van der Waals surface area contributed by atoms with Crippen molar-refractivity contribution in [1.29, 1.82) is 0 Å². The molecule has 0 aliphatic carbocycles. The van der Waals surface area contributed by atoms with Crippen LogP contribution >= 0.6 is 0 Å². The molecule has 31 heavy (non-hydrogen) atoms. The lowest BCUT2D eigenvalue weighted by Crippen LogP contribution is -2.56. The van der Waals surface area contributed by atoms with Gasteiger partial charge in [0.1, 0.15) is 18.6 Å². The van der Waals surface area contributed by atoms with Gasteiger partial charge in [0.05, 0.1) is 12.5 Å². The number of carbonyl (C=O) groups is 6. The fourth-order valence-corrected chi connectivity index (χ4v) is 2.42. The molecule has 0 heterocycles. The molecule has 0 aromatic heterocycles. The first kappa shape index (κ1) is 27.7. The Morgan fingerprint density at radius 1 is 0.806 bits per heavy atom. The average molecular weight is 446 g/mol. The number of nitrogens with one attached hydrogen (secondary N) is 3. The van der Waals surface area contributed by atoms with E-state index in [0.717, 1.165) is 0 Å². The maximum atomic E-state index is 12.7. The van der Waals surface area contributed by atoms with E-state index in [1.165, 1.54) is 0 Å². The Labute approximate surface area is 178 Å². The normalized spacial score (nSPS) is 13.4. The molecule has 0 aromatic rings. The van der Waals surface area contributed by atoms with E-state index in [4.69, 9.17) is 27.4 Å². The topological polar surface area (TPSA) is 257 Å². The molecule has 0 saturated carbocycles. The Bertz CT molecular complexity index is 671. The Hall–Kier alpha value is -3.26. The quantitative estimate of drug-likeness (QED) is 0.108. The van der Waals surface area contributed by atoms with Gasteiger partial charge in [0.15, 0.2) is 0 Å². The molecule has 0 saturated heterocycles. The molecular formula is C17H30N6O8. The molecule has 0 aliphatic heterocycles. The van der Waals surface area contributed by atoms with Crippen molar-refractivity contribution in [3.8, 4) is 0 Å². The van der Waals surface area contributed by atoms with Gasteiger partial charge in [-0.25, -0.2) is 0 Å². The summed E-state index contributed by atoms with van der Waals surface area (Å²) in [5, 5.41) is 24.0. The van der Waals surface area contributed by atoms with Gasteiger partial charge in [-0.15, -0.1) is 0 Å². The molecule has 0 rings (SSSR count). The van der Waals surface area contributed by atoms with Crippen LogP contribution in [0.15, 0.2) is 0 Å². The average Bonchev–Trinajstić information content (AvgIpc) is 2.68. The Kier molecular flexibility index (Phi) is 13.1. The molecule has 0 aliphatic rings. The zero-order valence-corrected chi connectivity index (χ0v) is 17.0. The van der Waals surface area contributed by atoms with Crippen molar-refractivity contribution in [2.75, 3.05) is 13.1 Å². The van der Waals surface area contributed by atoms with Crippen molar-refractivity contribution in [3.05, 3.63) is 0 Å². The van der Waals surface area contributed by atoms with E-state index in [1.54, 1.807) is 0 Å². The van der Waals surface area contributed by atoms with Gasteiger partial charge in [0.25, 0.3) is 0 Å². The molecule has 14 nitrogen and oxygen atoms in total. The van der Waals surface area contributed by atoms with Crippen molar-refractivity contribution < 1.29 is 39.0 Å². The SMILES string of the molecule is NCCCCC(NC(=O)C(N)CCC(=O)O)C(=O)NC(CC(N)=O)C(=O)NCC(=O)O. The summed E-state index contributed by atoms with van der Waals surface area (Å²) in [7, 11) is 0. The molecule has 11 N–H and O–H groups in total. The van der Waals surface area contributed by atoms with Crippen molar-refractivity contribution in [2.24, 2.45) is 17.2 Å². The van der Waals surface area contributed by atoms with E-state index in [2.05, 4.69) is 10.6 Å². The smallest absolute Gasteiger partial charge is 0.322 e. The molecule has 0 spiro atoms. The first-order chi connectivity index (χ1) is 14.5. The van der Waals surface area contributed by atoms with Crippen LogP contribution in [0.1, 0.15) is 38.5 Å². The van der Waals surface area contributed by atoms with Gasteiger partial charge in [-0.2, -0.15) is 0 Å². The third kappa shape index (κ3) is 12.8. The van der Waals surface area contributed by atoms with Crippen LogP contribution in [0.3, 0.4) is 0 Å². The Morgan fingerprint density at radius 3 is 1.94 bits per heavy atom. The third-order valence-electron chi connectivity index (χ3n) is 4.04. The number of rotatable bonds is 16. The number of primary amides is 1. The van der Waals surface area contributed by atoms with E-state index in [0.29, 0.717) is 19.4 Å². The second-order valence-corrected chi connectivity index (χ2v) is 6.73. The summed E-state index contributed by atoms with van der Waals surface area (Å²) in [5.74, 6) is -5.93. The molecule has 4 amide bonds. The van der Waals surface area contributed by atoms with Gasteiger partial charge in [0, 0.05) is 6.42 Å². The highest BCUT2D eigenvalue weighted by molar-refractivity contribution is 5.95. The van der Waals surface area contributed by atoms with E-state index >= 15 is 0 Å². The van der Waals surface area contributed by atoms with E-state index in [9.17, 15) is 28.8 Å². The molecule has 14 heteroatoms. The summed E-state index contributed by atoms with van der Waals surface area (Å²) in [4.78, 5) is 69.5. The maximum absolute atomic E-state index is 12.7. The second-order valence-electron chi connectivity index (χ2n) is 6.73. The number of carboxylic acid groups (broad SMARTS) is 2. The number of nitrogens with two attached hydrogens (primary N) is 3. The fourth-order valence-electron chi connectivity index (χ4n) is 2.42. The summed E-state index contributed by atoms with van der Waals surface area (Å²) >= 11 is 0. The van der Waals surface area contributed by atoms with Gasteiger partial charge >= 0.3 is 11.9 Å². The highest BCUT2D eigenvalue weighted by Crippen LogP contribution is 2.04. The summed E-state index contributed by atoms with van der Waals surface area (Å²) in [6.07, 6.45) is 0.00194. The highest BCUT2D eigenvalue weighted by atomic mass is 16.4. The first-order valence-electron chi connectivity index (χ1n) is 9.53. The lowest BCUT2D eigenvalue weighted by Gasteiger charge is -2.23. The number of carboxylic acids is 2. The lowest BCUT2D eigenvalue weighted by molar-refractivity contribution is -0.139. The predicted molar refractivity (Wildman–Crippen MR) is 106 cm³/mol. The zero-order chi connectivity index (χ0) is 24.0. The minimum atomic E-state index is -1.46. The summed E-state index contributed by atoms with van der Waals surface area (Å²) in [6, 6.07) is -3.79. The molecule has 176 valence electrons. The monoisotopic (exact) mass is 446 g/mol. The number of carbonyl (C=O) groups excluding carboxylic acids is 4. The molecule has 3 unspecified atom stereocenters. The van der Waals surface area contributed by atoms with Crippen LogP contribution in [0.25, 0.3) is 0 Å². The maximum Gasteiger partial charge on any atom is 0.322 e. The molecular weight excluding hydrogens is 416 g/mol. The van der Waals surface area contributed by atoms with Crippen LogP contribution in [0, 0.1) is 0 Å². The molecule has 0 radical (unpaired) electrons. The van der Waals surface area contributed by atoms with Crippen LogP contribution < -0.4 is 33.2 Å². The lowest BCUT2D eigenvalue weighted by atomic mass is 10.1. The minimum absolute atomic E-state index is 0.125. The Morgan fingerprint density at radius 2 is 1.42 bits per heavy atom. The largest absolute Gasteiger partial charge is 0.481 e. The highest BCUT2D eigenvalue weighted by Gasteiger charge is 2.29. The van der Waals surface area contributed by atoms with Gasteiger partial charge in [0.2, 0.25) is 23.6 Å².